The molecule has 0 spiro atoms. The van der Waals surface area contributed by atoms with E-state index in [2.05, 4.69) is 10.3 Å². The van der Waals surface area contributed by atoms with E-state index >= 15 is 0 Å². The van der Waals surface area contributed by atoms with Crippen LogP contribution in [0.4, 0.5) is 11.4 Å². The number of hydrogen-bond acceptors (Lipinski definition) is 6. The molecule has 0 fully saturated rings. The number of nitro benzene ring substituents is 1. The lowest BCUT2D eigenvalue weighted by molar-refractivity contribution is -0.384. The van der Waals surface area contributed by atoms with Gasteiger partial charge in [-0.25, -0.2) is 4.98 Å². The lowest BCUT2D eigenvalue weighted by atomic mass is 10.0. The summed E-state index contributed by atoms with van der Waals surface area (Å²) in [4.78, 5) is 14.9. The zero-order valence-corrected chi connectivity index (χ0v) is 14.8. The van der Waals surface area contributed by atoms with Gasteiger partial charge >= 0.3 is 0 Å². The standard InChI is InChI=1S/C19H17N5O3/c1-23-9-8-21-19(23)18(13-4-3-5-16(11-13)27-2)22-17-7-6-15(24(25)26)10-14(17)12-20/h3-11,18,22H,1-2H3/t18-/m0/s1. The number of benzene rings is 2. The molecule has 2 aromatic carbocycles. The minimum atomic E-state index is -0.525. The third kappa shape index (κ3) is 3.72. The summed E-state index contributed by atoms with van der Waals surface area (Å²) in [6.45, 7) is 0. The highest BCUT2D eigenvalue weighted by molar-refractivity contribution is 5.63. The average molecular weight is 363 g/mol. The van der Waals surface area contributed by atoms with Crippen molar-refractivity contribution in [1.82, 2.24) is 9.55 Å². The van der Waals surface area contributed by atoms with Crippen molar-refractivity contribution in [2.45, 2.75) is 6.04 Å². The van der Waals surface area contributed by atoms with E-state index < -0.39 is 4.92 Å². The number of imidazole rings is 1. The molecule has 0 amide bonds. The number of anilines is 1. The number of hydrogen-bond donors (Lipinski definition) is 1. The number of ether oxygens (including phenoxy) is 1. The first-order chi connectivity index (χ1) is 13.0. The molecule has 136 valence electrons. The minimum Gasteiger partial charge on any atom is -0.497 e. The second kappa shape index (κ2) is 7.58. The Morgan fingerprint density at radius 1 is 1.33 bits per heavy atom. The van der Waals surface area contributed by atoms with Gasteiger partial charge in [-0.1, -0.05) is 12.1 Å². The van der Waals surface area contributed by atoms with Crippen molar-refractivity contribution < 1.29 is 9.66 Å². The number of rotatable bonds is 6. The number of nitriles is 1. The van der Waals surface area contributed by atoms with Crippen LogP contribution in [0.5, 0.6) is 5.75 Å². The van der Waals surface area contributed by atoms with Crippen molar-refractivity contribution >= 4 is 11.4 Å². The molecule has 8 heteroatoms. The third-order valence-corrected chi connectivity index (χ3v) is 4.18. The van der Waals surface area contributed by atoms with Crippen LogP contribution in [0.2, 0.25) is 0 Å². The van der Waals surface area contributed by atoms with Crippen molar-refractivity contribution in [3.63, 3.8) is 0 Å². The zero-order valence-electron chi connectivity index (χ0n) is 14.8. The maximum absolute atomic E-state index is 11.0. The summed E-state index contributed by atoms with van der Waals surface area (Å²) < 4.78 is 7.18. The van der Waals surface area contributed by atoms with Gasteiger partial charge in [0, 0.05) is 31.6 Å². The molecule has 1 atom stereocenters. The second-order valence-corrected chi connectivity index (χ2v) is 5.85. The van der Waals surface area contributed by atoms with E-state index in [1.807, 2.05) is 48.1 Å². The van der Waals surface area contributed by atoms with Crippen LogP contribution >= 0.6 is 0 Å². The molecule has 0 aliphatic rings. The van der Waals surface area contributed by atoms with Gasteiger partial charge in [-0.2, -0.15) is 5.26 Å². The van der Waals surface area contributed by atoms with E-state index in [4.69, 9.17) is 4.74 Å². The van der Waals surface area contributed by atoms with Gasteiger partial charge in [0.1, 0.15) is 23.7 Å². The van der Waals surface area contributed by atoms with Crippen molar-refractivity contribution in [3.05, 3.63) is 81.9 Å². The molecule has 0 aliphatic heterocycles. The molecule has 3 rings (SSSR count). The Kier molecular flexibility index (Phi) is 5.04. The van der Waals surface area contributed by atoms with Crippen LogP contribution in [-0.4, -0.2) is 21.6 Å². The summed E-state index contributed by atoms with van der Waals surface area (Å²) in [6, 6.07) is 13.3. The minimum absolute atomic E-state index is 0.132. The van der Waals surface area contributed by atoms with Crippen molar-refractivity contribution in [1.29, 1.82) is 5.26 Å². The van der Waals surface area contributed by atoms with Crippen LogP contribution in [-0.2, 0) is 7.05 Å². The van der Waals surface area contributed by atoms with Crippen molar-refractivity contribution in [2.24, 2.45) is 7.05 Å². The van der Waals surface area contributed by atoms with Crippen molar-refractivity contribution in [3.8, 4) is 11.8 Å². The van der Waals surface area contributed by atoms with E-state index in [1.54, 1.807) is 13.3 Å². The number of methoxy groups -OCH3 is 1. The molecule has 8 nitrogen and oxygen atoms in total. The van der Waals surface area contributed by atoms with Gasteiger partial charge in [-0.15, -0.1) is 0 Å². The van der Waals surface area contributed by atoms with Crippen molar-refractivity contribution in [2.75, 3.05) is 12.4 Å². The van der Waals surface area contributed by atoms with Crippen LogP contribution in [0.1, 0.15) is 23.0 Å². The Hall–Kier alpha value is -3.86. The fraction of sp³-hybridized carbons (Fsp3) is 0.158. The van der Waals surface area contributed by atoms with Gasteiger partial charge in [0.05, 0.1) is 23.3 Å². The highest BCUT2D eigenvalue weighted by atomic mass is 16.6. The Balaban J connectivity index is 2.06. The van der Waals surface area contributed by atoms with Gasteiger partial charge in [0.15, 0.2) is 0 Å². The number of nitrogens with one attached hydrogen (secondary N) is 1. The molecule has 27 heavy (non-hydrogen) atoms. The summed E-state index contributed by atoms with van der Waals surface area (Å²) in [5.74, 6) is 1.42. The lowest BCUT2D eigenvalue weighted by Gasteiger charge is -2.21. The van der Waals surface area contributed by atoms with Gasteiger partial charge in [-0.05, 0) is 23.8 Å². The van der Waals surface area contributed by atoms with Gasteiger partial charge in [0.25, 0.3) is 5.69 Å². The number of nitro groups is 1. The fourth-order valence-corrected chi connectivity index (χ4v) is 2.79. The van der Waals surface area contributed by atoms with E-state index in [-0.39, 0.29) is 17.3 Å². The van der Waals surface area contributed by atoms with Crippen LogP contribution < -0.4 is 10.1 Å². The molecule has 1 aromatic heterocycles. The summed E-state index contributed by atoms with van der Waals surface area (Å²) in [6.07, 6.45) is 3.51. The molecule has 1 N–H and O–H groups in total. The van der Waals surface area contributed by atoms with Crippen LogP contribution in [0, 0.1) is 21.4 Å². The molecule has 0 saturated heterocycles. The van der Waals surface area contributed by atoms with E-state index in [9.17, 15) is 15.4 Å². The smallest absolute Gasteiger partial charge is 0.270 e. The molecule has 1 heterocycles. The summed E-state index contributed by atoms with van der Waals surface area (Å²) >= 11 is 0. The second-order valence-electron chi connectivity index (χ2n) is 5.85. The van der Waals surface area contributed by atoms with Crippen LogP contribution in [0.3, 0.4) is 0 Å². The monoisotopic (exact) mass is 363 g/mol. The normalized spacial score (nSPS) is 11.4. The summed E-state index contributed by atoms with van der Waals surface area (Å²) in [7, 11) is 3.46. The summed E-state index contributed by atoms with van der Waals surface area (Å²) in [5.41, 5.74) is 1.42. The molecular formula is C19H17N5O3. The van der Waals surface area contributed by atoms with Crippen LogP contribution in [0.25, 0.3) is 0 Å². The number of nitrogens with zero attached hydrogens (tertiary/aromatic N) is 4. The molecule has 3 aromatic rings. The largest absolute Gasteiger partial charge is 0.497 e. The fourth-order valence-electron chi connectivity index (χ4n) is 2.79. The highest BCUT2D eigenvalue weighted by Gasteiger charge is 2.21. The van der Waals surface area contributed by atoms with E-state index in [0.29, 0.717) is 11.4 Å². The number of aromatic nitrogens is 2. The maximum Gasteiger partial charge on any atom is 0.270 e. The number of non-ortho nitro benzene ring substituents is 1. The van der Waals surface area contributed by atoms with E-state index in [0.717, 1.165) is 11.4 Å². The first-order valence-corrected chi connectivity index (χ1v) is 8.09. The average Bonchev–Trinajstić information content (AvgIpc) is 3.11. The SMILES string of the molecule is COc1cccc([C@H](Nc2ccc([N+](=O)[O-])cc2C#N)c2nccn2C)c1. The lowest BCUT2D eigenvalue weighted by Crippen LogP contribution is -2.17. The Morgan fingerprint density at radius 3 is 2.78 bits per heavy atom. The molecule has 0 unspecified atom stereocenters. The summed E-state index contributed by atoms with van der Waals surface area (Å²) in [5, 5.41) is 23.7. The predicted octanol–water partition coefficient (Wildman–Crippen LogP) is 3.41. The molecule has 0 bridgehead atoms. The van der Waals surface area contributed by atoms with Gasteiger partial charge < -0.3 is 14.6 Å². The first-order valence-electron chi connectivity index (χ1n) is 8.09. The molecule has 0 radical (unpaired) electrons. The Bertz CT molecular complexity index is 1020. The van der Waals surface area contributed by atoms with Gasteiger partial charge in [0.2, 0.25) is 0 Å². The maximum atomic E-state index is 11.0. The topological polar surface area (TPSA) is 106 Å². The zero-order chi connectivity index (χ0) is 19.4. The molecule has 0 saturated carbocycles. The Labute approximate surface area is 155 Å². The van der Waals surface area contributed by atoms with Crippen LogP contribution in [0.15, 0.2) is 54.9 Å². The predicted molar refractivity (Wildman–Crippen MR) is 99.5 cm³/mol. The van der Waals surface area contributed by atoms with Gasteiger partial charge in [-0.3, -0.25) is 10.1 Å². The highest BCUT2D eigenvalue weighted by Crippen LogP contribution is 2.30. The quantitative estimate of drug-likeness (QED) is 0.531. The molecule has 0 aliphatic carbocycles. The third-order valence-electron chi connectivity index (χ3n) is 4.18. The Morgan fingerprint density at radius 2 is 2.15 bits per heavy atom. The molecular weight excluding hydrogens is 346 g/mol. The van der Waals surface area contributed by atoms with E-state index in [1.165, 1.54) is 18.2 Å². The number of aryl methyl sites for hydroxylation is 1. The first kappa shape index (κ1) is 17.9.